The van der Waals surface area contributed by atoms with Gasteiger partial charge in [0, 0.05) is 38.5 Å². The number of rotatable bonds is 5. The maximum atomic E-state index is 12.3. The van der Waals surface area contributed by atoms with Gasteiger partial charge in [-0.3, -0.25) is 4.79 Å². The number of carbonyl (C=O) groups excluding carboxylic acids is 1. The molecule has 1 saturated heterocycles. The lowest BCUT2D eigenvalue weighted by atomic mass is 9.86. The zero-order valence-corrected chi connectivity index (χ0v) is 13.4. The Balaban J connectivity index is 1.69. The zero-order chi connectivity index (χ0) is 14.2. The summed E-state index contributed by atoms with van der Waals surface area (Å²) in [6.45, 7) is 4.84. The molecule has 0 N–H and O–H groups in total. The summed E-state index contributed by atoms with van der Waals surface area (Å²) in [6, 6.07) is 0. The van der Waals surface area contributed by atoms with Crippen LogP contribution in [0.25, 0.3) is 0 Å². The molecule has 1 amide bonds. The van der Waals surface area contributed by atoms with E-state index in [1.807, 2.05) is 0 Å². The van der Waals surface area contributed by atoms with Gasteiger partial charge in [0.25, 0.3) is 0 Å². The van der Waals surface area contributed by atoms with E-state index in [1.165, 1.54) is 32.1 Å². The van der Waals surface area contributed by atoms with E-state index in [9.17, 15) is 4.79 Å². The van der Waals surface area contributed by atoms with E-state index in [2.05, 4.69) is 9.80 Å². The molecule has 1 heterocycles. The molecule has 1 aliphatic carbocycles. The summed E-state index contributed by atoms with van der Waals surface area (Å²) in [4.78, 5) is 16.8. The molecule has 0 atom stereocenters. The molecule has 2 aliphatic rings. The number of nitrogens with zero attached hydrogens (tertiary/aromatic N) is 2. The van der Waals surface area contributed by atoms with Gasteiger partial charge in [-0.2, -0.15) is 0 Å². The second-order valence-corrected chi connectivity index (χ2v) is 6.69. The molecule has 4 heteroatoms. The van der Waals surface area contributed by atoms with Crippen LogP contribution in [-0.4, -0.2) is 54.3 Å². The fraction of sp³-hybridized carbons (Fsp3) is 0.938. The van der Waals surface area contributed by atoms with Gasteiger partial charge in [-0.1, -0.05) is 32.1 Å². The average molecular weight is 301 g/mol. The fourth-order valence-corrected chi connectivity index (χ4v) is 3.76. The van der Waals surface area contributed by atoms with Gasteiger partial charge in [0.15, 0.2) is 0 Å². The van der Waals surface area contributed by atoms with E-state index in [-0.39, 0.29) is 0 Å². The SMILES string of the molecule is O=C(CCC1CCCCC1)N1CCCN(CCCl)CC1. The Morgan fingerprint density at radius 1 is 1.00 bits per heavy atom. The molecule has 3 nitrogen and oxygen atoms in total. The topological polar surface area (TPSA) is 23.6 Å². The van der Waals surface area contributed by atoms with Gasteiger partial charge in [0.05, 0.1) is 0 Å². The van der Waals surface area contributed by atoms with E-state index in [0.717, 1.165) is 57.9 Å². The summed E-state index contributed by atoms with van der Waals surface area (Å²) in [6.07, 6.45) is 9.79. The van der Waals surface area contributed by atoms with Gasteiger partial charge >= 0.3 is 0 Å². The average Bonchev–Trinajstić information content (AvgIpc) is 2.72. The second kappa shape index (κ2) is 8.89. The Labute approximate surface area is 128 Å². The summed E-state index contributed by atoms with van der Waals surface area (Å²) in [7, 11) is 0. The van der Waals surface area contributed by atoms with Crippen molar-refractivity contribution in [2.24, 2.45) is 5.92 Å². The first-order valence-electron chi connectivity index (χ1n) is 8.35. The number of amides is 1. The molecule has 2 rings (SSSR count). The van der Waals surface area contributed by atoms with E-state index >= 15 is 0 Å². The van der Waals surface area contributed by atoms with Gasteiger partial charge in [0.1, 0.15) is 0 Å². The van der Waals surface area contributed by atoms with Crippen LogP contribution in [0.1, 0.15) is 51.4 Å². The molecule has 116 valence electrons. The summed E-state index contributed by atoms with van der Waals surface area (Å²) >= 11 is 5.80. The maximum Gasteiger partial charge on any atom is 0.222 e. The smallest absolute Gasteiger partial charge is 0.222 e. The van der Waals surface area contributed by atoms with Crippen LogP contribution in [0.3, 0.4) is 0 Å². The quantitative estimate of drug-likeness (QED) is 0.728. The van der Waals surface area contributed by atoms with Crippen molar-refractivity contribution in [2.45, 2.75) is 51.4 Å². The Kier molecular flexibility index (Phi) is 7.15. The summed E-state index contributed by atoms with van der Waals surface area (Å²) in [5, 5.41) is 0. The predicted molar refractivity (Wildman–Crippen MR) is 84.2 cm³/mol. The molecule has 2 fully saturated rings. The van der Waals surface area contributed by atoms with Crippen molar-refractivity contribution in [3.05, 3.63) is 0 Å². The number of alkyl halides is 1. The largest absolute Gasteiger partial charge is 0.341 e. The lowest BCUT2D eigenvalue weighted by Gasteiger charge is -2.24. The molecule has 0 bridgehead atoms. The van der Waals surface area contributed by atoms with Crippen LogP contribution in [0.2, 0.25) is 0 Å². The first kappa shape index (κ1) is 16.1. The lowest BCUT2D eigenvalue weighted by Crippen LogP contribution is -2.35. The van der Waals surface area contributed by atoms with Gasteiger partial charge in [-0.05, 0) is 25.3 Å². The van der Waals surface area contributed by atoms with E-state index < -0.39 is 0 Å². The van der Waals surface area contributed by atoms with E-state index in [0.29, 0.717) is 11.8 Å². The van der Waals surface area contributed by atoms with Crippen LogP contribution in [0.5, 0.6) is 0 Å². The van der Waals surface area contributed by atoms with Crippen LogP contribution in [0.15, 0.2) is 0 Å². The Hall–Kier alpha value is -0.280. The van der Waals surface area contributed by atoms with Crippen molar-refractivity contribution >= 4 is 17.5 Å². The molecule has 0 aromatic rings. The third kappa shape index (κ3) is 5.25. The highest BCUT2D eigenvalue weighted by atomic mass is 35.5. The van der Waals surface area contributed by atoms with Crippen molar-refractivity contribution in [1.82, 2.24) is 9.80 Å². The van der Waals surface area contributed by atoms with Crippen LogP contribution in [-0.2, 0) is 4.79 Å². The lowest BCUT2D eigenvalue weighted by molar-refractivity contribution is -0.131. The van der Waals surface area contributed by atoms with E-state index in [4.69, 9.17) is 11.6 Å². The Morgan fingerprint density at radius 3 is 2.55 bits per heavy atom. The first-order valence-corrected chi connectivity index (χ1v) is 8.89. The normalized spacial score (nSPS) is 22.8. The Morgan fingerprint density at radius 2 is 1.80 bits per heavy atom. The molecule has 0 spiro atoms. The number of hydrogen-bond acceptors (Lipinski definition) is 2. The highest BCUT2D eigenvalue weighted by Gasteiger charge is 2.20. The van der Waals surface area contributed by atoms with Gasteiger partial charge in [-0.25, -0.2) is 0 Å². The number of hydrogen-bond donors (Lipinski definition) is 0. The van der Waals surface area contributed by atoms with Crippen molar-refractivity contribution in [3.63, 3.8) is 0 Å². The minimum atomic E-state index is 0.378. The fourth-order valence-electron chi connectivity index (χ4n) is 3.52. The van der Waals surface area contributed by atoms with Crippen LogP contribution in [0.4, 0.5) is 0 Å². The van der Waals surface area contributed by atoms with Gasteiger partial charge in [0.2, 0.25) is 5.91 Å². The van der Waals surface area contributed by atoms with Crippen LogP contribution in [0, 0.1) is 5.92 Å². The molecule has 0 aromatic heterocycles. The monoisotopic (exact) mass is 300 g/mol. The number of halogens is 1. The minimum Gasteiger partial charge on any atom is -0.341 e. The minimum absolute atomic E-state index is 0.378. The molecule has 0 radical (unpaired) electrons. The first-order chi connectivity index (χ1) is 9.79. The standard InChI is InChI=1S/C16H29ClN2O/c17-9-12-18-10-4-11-19(14-13-18)16(20)8-7-15-5-2-1-3-6-15/h15H,1-14H2. The molecule has 20 heavy (non-hydrogen) atoms. The summed E-state index contributed by atoms with van der Waals surface area (Å²) in [5.41, 5.74) is 0. The number of carbonyl (C=O) groups is 1. The van der Waals surface area contributed by atoms with Crippen molar-refractivity contribution < 1.29 is 4.79 Å². The summed E-state index contributed by atoms with van der Waals surface area (Å²) < 4.78 is 0. The molecular formula is C16H29ClN2O. The van der Waals surface area contributed by atoms with Crippen LogP contribution < -0.4 is 0 Å². The van der Waals surface area contributed by atoms with Gasteiger partial charge < -0.3 is 9.80 Å². The molecule has 1 saturated carbocycles. The predicted octanol–water partition coefficient (Wildman–Crippen LogP) is 3.12. The van der Waals surface area contributed by atoms with Crippen molar-refractivity contribution in [2.75, 3.05) is 38.6 Å². The second-order valence-electron chi connectivity index (χ2n) is 6.31. The maximum absolute atomic E-state index is 12.3. The third-order valence-corrected chi connectivity index (χ3v) is 5.00. The van der Waals surface area contributed by atoms with Gasteiger partial charge in [-0.15, -0.1) is 11.6 Å². The highest BCUT2D eigenvalue weighted by molar-refractivity contribution is 6.18. The van der Waals surface area contributed by atoms with Crippen molar-refractivity contribution in [3.8, 4) is 0 Å². The zero-order valence-electron chi connectivity index (χ0n) is 12.7. The highest BCUT2D eigenvalue weighted by Crippen LogP contribution is 2.27. The molecule has 0 aromatic carbocycles. The molecule has 0 unspecified atom stereocenters. The molecular weight excluding hydrogens is 272 g/mol. The van der Waals surface area contributed by atoms with Crippen molar-refractivity contribution in [1.29, 1.82) is 0 Å². The van der Waals surface area contributed by atoms with E-state index in [1.54, 1.807) is 0 Å². The summed E-state index contributed by atoms with van der Waals surface area (Å²) in [5.74, 6) is 1.88. The third-order valence-electron chi connectivity index (χ3n) is 4.83. The molecule has 1 aliphatic heterocycles. The van der Waals surface area contributed by atoms with Crippen LogP contribution >= 0.6 is 11.6 Å². The Bertz CT molecular complexity index is 292.